The molecule has 0 fully saturated rings. The van der Waals surface area contributed by atoms with Gasteiger partial charge in [0, 0.05) is 19.2 Å². The summed E-state index contributed by atoms with van der Waals surface area (Å²) in [5.74, 6) is 0.834. The number of hydrogen-bond donors (Lipinski definition) is 1. The van der Waals surface area contributed by atoms with Crippen molar-refractivity contribution >= 4 is 0 Å². The summed E-state index contributed by atoms with van der Waals surface area (Å²) in [4.78, 5) is 4.27. The van der Waals surface area contributed by atoms with Gasteiger partial charge < -0.3 is 15.0 Å². The number of ether oxygens (including phenoxy) is 1. The Balaban J connectivity index is 2.61. The average Bonchev–Trinajstić information content (AvgIpc) is 2.70. The van der Waals surface area contributed by atoms with Crippen molar-refractivity contribution in [3.63, 3.8) is 0 Å². The minimum atomic E-state index is 0.425. The van der Waals surface area contributed by atoms with Gasteiger partial charge in [-0.1, -0.05) is 12.1 Å². The van der Waals surface area contributed by atoms with Crippen LogP contribution < -0.4 is 10.5 Å². The van der Waals surface area contributed by atoms with Gasteiger partial charge in [0.1, 0.15) is 5.75 Å². The second-order valence-electron chi connectivity index (χ2n) is 3.56. The second-order valence-corrected chi connectivity index (χ2v) is 3.56. The average molecular weight is 217 g/mol. The van der Waals surface area contributed by atoms with E-state index < -0.39 is 0 Å². The number of aromatic nitrogens is 2. The Kier molecular flexibility index (Phi) is 2.92. The maximum absolute atomic E-state index is 5.68. The molecule has 1 aromatic heterocycles. The molecule has 0 aliphatic heterocycles. The molecule has 4 nitrogen and oxygen atoms in total. The molecular formula is C12H15N3O. The summed E-state index contributed by atoms with van der Waals surface area (Å²) in [7, 11) is 3.62. The van der Waals surface area contributed by atoms with E-state index in [0.29, 0.717) is 6.54 Å². The van der Waals surface area contributed by atoms with Gasteiger partial charge in [0.15, 0.2) is 0 Å². The molecule has 0 saturated heterocycles. The third-order valence-corrected chi connectivity index (χ3v) is 2.57. The largest absolute Gasteiger partial charge is 0.496 e. The summed E-state index contributed by atoms with van der Waals surface area (Å²) in [6.45, 7) is 0.425. The van der Waals surface area contributed by atoms with E-state index in [1.54, 1.807) is 13.4 Å². The number of benzene rings is 1. The van der Waals surface area contributed by atoms with Gasteiger partial charge in [-0.25, -0.2) is 4.98 Å². The molecule has 2 rings (SSSR count). The van der Waals surface area contributed by atoms with Gasteiger partial charge in [-0.15, -0.1) is 0 Å². The molecule has 0 aliphatic carbocycles. The molecule has 2 aromatic rings. The highest BCUT2D eigenvalue weighted by Gasteiger charge is 2.13. The molecule has 0 bridgehead atoms. The lowest BCUT2D eigenvalue weighted by atomic mass is 10.1. The van der Waals surface area contributed by atoms with Crippen molar-refractivity contribution in [2.24, 2.45) is 12.8 Å². The summed E-state index contributed by atoms with van der Waals surface area (Å²) < 4.78 is 7.30. The Labute approximate surface area is 94.7 Å². The van der Waals surface area contributed by atoms with Gasteiger partial charge in [0.25, 0.3) is 0 Å². The molecule has 84 valence electrons. The molecule has 0 spiro atoms. The first-order valence-corrected chi connectivity index (χ1v) is 5.11. The quantitative estimate of drug-likeness (QED) is 0.848. The number of methoxy groups -OCH3 is 1. The minimum Gasteiger partial charge on any atom is -0.496 e. The number of nitrogens with zero attached hydrogens (tertiary/aromatic N) is 2. The summed E-state index contributed by atoms with van der Waals surface area (Å²) in [5, 5.41) is 0. The van der Waals surface area contributed by atoms with E-state index in [-0.39, 0.29) is 0 Å². The molecular weight excluding hydrogens is 202 g/mol. The van der Waals surface area contributed by atoms with Gasteiger partial charge in [0.2, 0.25) is 0 Å². The standard InChI is InChI=1S/C12H15N3O/c1-15-8-14-10(7-13)12(15)9-5-3-4-6-11(9)16-2/h3-6,8H,7,13H2,1-2H3. The normalized spacial score (nSPS) is 10.4. The lowest BCUT2D eigenvalue weighted by Gasteiger charge is -2.10. The van der Waals surface area contributed by atoms with E-state index in [9.17, 15) is 0 Å². The number of hydrogen-bond acceptors (Lipinski definition) is 3. The topological polar surface area (TPSA) is 53.1 Å². The van der Waals surface area contributed by atoms with E-state index in [1.807, 2.05) is 35.9 Å². The molecule has 1 heterocycles. The molecule has 2 N–H and O–H groups in total. The smallest absolute Gasteiger partial charge is 0.128 e. The van der Waals surface area contributed by atoms with Crippen molar-refractivity contribution in [1.82, 2.24) is 9.55 Å². The SMILES string of the molecule is COc1ccccc1-c1c(CN)ncn1C. The van der Waals surface area contributed by atoms with Crippen molar-refractivity contribution in [3.05, 3.63) is 36.3 Å². The highest BCUT2D eigenvalue weighted by atomic mass is 16.5. The van der Waals surface area contributed by atoms with Crippen LogP contribution in [0.15, 0.2) is 30.6 Å². The van der Waals surface area contributed by atoms with Crippen LogP contribution in [0, 0.1) is 0 Å². The third-order valence-electron chi connectivity index (χ3n) is 2.57. The van der Waals surface area contributed by atoms with E-state index in [1.165, 1.54) is 0 Å². The van der Waals surface area contributed by atoms with Crippen molar-refractivity contribution in [2.75, 3.05) is 7.11 Å². The van der Waals surface area contributed by atoms with E-state index in [2.05, 4.69) is 4.98 Å². The van der Waals surface area contributed by atoms with Gasteiger partial charge in [-0.2, -0.15) is 0 Å². The predicted molar refractivity (Wildman–Crippen MR) is 63.1 cm³/mol. The third kappa shape index (κ3) is 1.67. The zero-order valence-electron chi connectivity index (χ0n) is 9.47. The molecule has 0 atom stereocenters. The Morgan fingerprint density at radius 3 is 2.81 bits per heavy atom. The molecule has 1 aromatic carbocycles. The number of para-hydroxylation sites is 1. The van der Waals surface area contributed by atoms with Crippen LogP contribution in [0.4, 0.5) is 0 Å². The first kappa shape index (κ1) is 10.7. The van der Waals surface area contributed by atoms with Crippen LogP contribution >= 0.6 is 0 Å². The molecule has 0 saturated carbocycles. The first-order chi connectivity index (χ1) is 7.77. The van der Waals surface area contributed by atoms with Crippen LogP contribution in [0.3, 0.4) is 0 Å². The summed E-state index contributed by atoms with van der Waals surface area (Å²) in [5.41, 5.74) is 8.59. The van der Waals surface area contributed by atoms with Crippen molar-refractivity contribution in [1.29, 1.82) is 0 Å². The Bertz CT molecular complexity index is 491. The van der Waals surface area contributed by atoms with Crippen LogP contribution in [-0.4, -0.2) is 16.7 Å². The van der Waals surface area contributed by atoms with Crippen LogP contribution in [0.5, 0.6) is 5.75 Å². The van der Waals surface area contributed by atoms with E-state index in [0.717, 1.165) is 22.7 Å². The monoisotopic (exact) mass is 217 g/mol. The Hall–Kier alpha value is -1.81. The van der Waals surface area contributed by atoms with Gasteiger partial charge in [-0.3, -0.25) is 0 Å². The zero-order chi connectivity index (χ0) is 11.5. The predicted octanol–water partition coefficient (Wildman–Crippen LogP) is 1.55. The minimum absolute atomic E-state index is 0.425. The number of aryl methyl sites for hydroxylation is 1. The number of rotatable bonds is 3. The molecule has 4 heteroatoms. The number of imidazole rings is 1. The summed E-state index contributed by atoms with van der Waals surface area (Å²) in [6.07, 6.45) is 1.77. The van der Waals surface area contributed by atoms with E-state index >= 15 is 0 Å². The zero-order valence-corrected chi connectivity index (χ0v) is 9.47. The fourth-order valence-electron chi connectivity index (χ4n) is 1.81. The van der Waals surface area contributed by atoms with Crippen LogP contribution in [0.25, 0.3) is 11.3 Å². The highest BCUT2D eigenvalue weighted by Crippen LogP contribution is 2.31. The lowest BCUT2D eigenvalue weighted by molar-refractivity contribution is 0.416. The van der Waals surface area contributed by atoms with Crippen LogP contribution in [0.1, 0.15) is 5.69 Å². The maximum atomic E-state index is 5.68. The highest BCUT2D eigenvalue weighted by molar-refractivity contribution is 5.69. The first-order valence-electron chi connectivity index (χ1n) is 5.11. The molecule has 16 heavy (non-hydrogen) atoms. The fourth-order valence-corrected chi connectivity index (χ4v) is 1.81. The lowest BCUT2D eigenvalue weighted by Crippen LogP contribution is -2.01. The molecule has 0 unspecified atom stereocenters. The van der Waals surface area contributed by atoms with Crippen molar-refractivity contribution in [2.45, 2.75) is 6.54 Å². The second kappa shape index (κ2) is 4.37. The summed E-state index contributed by atoms with van der Waals surface area (Å²) >= 11 is 0. The molecule has 0 radical (unpaired) electrons. The van der Waals surface area contributed by atoms with Crippen LogP contribution in [0.2, 0.25) is 0 Å². The number of nitrogens with two attached hydrogens (primary N) is 1. The molecule has 0 amide bonds. The van der Waals surface area contributed by atoms with Crippen molar-refractivity contribution in [3.8, 4) is 17.0 Å². The Morgan fingerprint density at radius 2 is 2.12 bits per heavy atom. The summed E-state index contributed by atoms with van der Waals surface area (Å²) in [6, 6.07) is 7.86. The fraction of sp³-hybridized carbons (Fsp3) is 0.250. The maximum Gasteiger partial charge on any atom is 0.128 e. The molecule has 0 aliphatic rings. The van der Waals surface area contributed by atoms with Gasteiger partial charge in [0.05, 0.1) is 24.8 Å². The van der Waals surface area contributed by atoms with Gasteiger partial charge in [-0.05, 0) is 12.1 Å². The van der Waals surface area contributed by atoms with Gasteiger partial charge >= 0.3 is 0 Å². The van der Waals surface area contributed by atoms with Crippen molar-refractivity contribution < 1.29 is 4.74 Å². The Morgan fingerprint density at radius 1 is 1.38 bits per heavy atom. The van der Waals surface area contributed by atoms with Crippen LogP contribution in [-0.2, 0) is 13.6 Å². The van der Waals surface area contributed by atoms with E-state index in [4.69, 9.17) is 10.5 Å².